The van der Waals surface area contributed by atoms with Crippen LogP contribution in [-0.4, -0.2) is 248 Å². The van der Waals surface area contributed by atoms with Crippen LogP contribution in [0.4, 0.5) is 5.69 Å². The predicted octanol–water partition coefficient (Wildman–Crippen LogP) is -4.06. The Morgan fingerprint density at radius 1 is 0.529 bits per heavy atom. The van der Waals surface area contributed by atoms with Crippen LogP contribution in [0.2, 0.25) is 0 Å². The third-order valence-electron chi connectivity index (χ3n) is 18.9. The van der Waals surface area contributed by atoms with Crippen molar-refractivity contribution in [3.05, 3.63) is 65.9 Å². The first-order valence-electron chi connectivity index (χ1n) is 38.8. The van der Waals surface area contributed by atoms with Gasteiger partial charge in [-0.1, -0.05) is 108 Å². The largest absolute Gasteiger partial charge is 0.481 e. The van der Waals surface area contributed by atoms with E-state index >= 15 is 0 Å². The molecule has 1 fully saturated rings. The second-order valence-corrected chi connectivity index (χ2v) is 28.7. The van der Waals surface area contributed by atoms with Gasteiger partial charge < -0.3 is 122 Å². The number of hydrogen-bond acceptors (Lipinski definition) is 24. The molecule has 0 aliphatic carbocycles. The number of Topliss-reactive ketones (excluding diaryl/α,β-unsaturated/α-hetero) is 1. The van der Waals surface area contributed by atoms with E-state index in [9.17, 15) is 121 Å². The van der Waals surface area contributed by atoms with E-state index < -0.39 is 261 Å². The molecular weight excluding hydrogens is 1570 g/mol. The molecule has 1 aliphatic heterocycles. The number of carboxylic acids is 4. The van der Waals surface area contributed by atoms with Gasteiger partial charge in [-0.3, -0.25) is 91.1 Å². The molecule has 4 rings (SSSR count). The SMILES string of the molecule is CCCCCCCCCCCCCC(=O)N[C@@H](Cc1c[nH]c2ccccc12)C(=O)N[C@@H](CC(N)=O)C(=O)N[C@@H](CC(=O)O)C(=O)N[C@@H]1C(=O)NCC(=O)N[C@@H](CCCN)C(=O)N[C@H](CC(=O)O)C(=O)N[C@H](C)C(=O)N[C@@H](CC(=O)O)C(=O)NCC(=O)N[C@H](CO)C(=O)N[C@@H]([C@@H](C)CC(=O)O)C(=O)N[C@@H](CC(=O)c2ccccc2N)C(=O)O[C@@H]1C. The number of cyclic esters (lactones) is 1. The van der Waals surface area contributed by atoms with Gasteiger partial charge in [-0.05, 0) is 69.3 Å². The highest BCUT2D eigenvalue weighted by atomic mass is 16.5. The van der Waals surface area contributed by atoms with Gasteiger partial charge in [-0.25, -0.2) is 4.79 Å². The number of primary amides is 1. The zero-order valence-corrected chi connectivity index (χ0v) is 66.4. The number of aliphatic hydroxyl groups is 1. The number of fused-ring (bicyclic) bond motifs is 1. The summed E-state index contributed by atoms with van der Waals surface area (Å²) >= 11 is 0. The Bertz CT molecular complexity index is 4120. The van der Waals surface area contributed by atoms with Crippen molar-refractivity contribution < 1.29 is 126 Å². The highest BCUT2D eigenvalue weighted by Gasteiger charge is 2.41. The fourth-order valence-electron chi connectivity index (χ4n) is 12.4. The number of hydrogen-bond donors (Lipinski definition) is 22. The quantitative estimate of drug-likeness (QED) is 0.0112. The van der Waals surface area contributed by atoms with Gasteiger partial charge in [-0.2, -0.15) is 0 Å². The maximum absolute atomic E-state index is 14.9. The van der Waals surface area contributed by atoms with Crippen LogP contribution in [0.15, 0.2) is 54.7 Å². The molecule has 25 N–H and O–H groups in total. The summed E-state index contributed by atoms with van der Waals surface area (Å²) in [5.74, 6) is -29.7. The van der Waals surface area contributed by atoms with E-state index in [1.165, 1.54) is 37.1 Å². The van der Waals surface area contributed by atoms with Crippen molar-refractivity contribution in [3.8, 4) is 0 Å². The number of amides is 14. The summed E-state index contributed by atoms with van der Waals surface area (Å²) in [4.78, 5) is 277. The van der Waals surface area contributed by atoms with E-state index in [1.54, 1.807) is 30.5 Å². The molecule has 2 aromatic carbocycles. The van der Waals surface area contributed by atoms with E-state index in [1.807, 2.05) is 16.0 Å². The number of unbranched alkanes of at least 4 members (excludes halogenated alkanes) is 10. The molecule has 1 aromatic heterocycles. The first-order chi connectivity index (χ1) is 56.4. The van der Waals surface area contributed by atoms with E-state index in [-0.39, 0.29) is 37.1 Å². The molecule has 1 saturated heterocycles. The molecule has 0 saturated carbocycles. The van der Waals surface area contributed by atoms with E-state index in [2.05, 4.69) is 65.1 Å². The van der Waals surface area contributed by atoms with Gasteiger partial charge in [-0.15, -0.1) is 0 Å². The number of ketones is 1. The van der Waals surface area contributed by atoms with Gasteiger partial charge >= 0.3 is 29.8 Å². The van der Waals surface area contributed by atoms with Gasteiger partial charge in [0.2, 0.25) is 82.7 Å². The molecule has 43 nitrogen and oxygen atoms in total. The molecule has 0 spiro atoms. The number of para-hydroxylation sites is 2. The third kappa shape index (κ3) is 35.0. The number of H-pyrrole nitrogens is 1. The number of aromatic nitrogens is 1. The van der Waals surface area contributed by atoms with Gasteiger partial charge in [0.1, 0.15) is 72.6 Å². The highest BCUT2D eigenvalue weighted by Crippen LogP contribution is 2.22. The van der Waals surface area contributed by atoms with E-state index in [0.29, 0.717) is 29.3 Å². The Morgan fingerprint density at radius 2 is 1.05 bits per heavy atom. The number of carbonyl (C=O) groups is 20. The maximum atomic E-state index is 14.9. The van der Waals surface area contributed by atoms with Crippen molar-refractivity contribution in [3.63, 3.8) is 0 Å². The number of carboxylic acid groups (broad SMARTS) is 4. The molecule has 3 aromatic rings. The van der Waals surface area contributed by atoms with Crippen molar-refractivity contribution in [2.75, 3.05) is 32.0 Å². The number of rotatable bonds is 39. The number of nitrogen functional groups attached to an aromatic ring is 1. The summed E-state index contributed by atoms with van der Waals surface area (Å²) in [6, 6.07) is -10.5. The van der Waals surface area contributed by atoms with Crippen LogP contribution in [0.1, 0.15) is 172 Å². The number of aromatic amines is 1. The second-order valence-electron chi connectivity index (χ2n) is 28.7. The smallest absolute Gasteiger partial charge is 0.329 e. The monoisotopic (exact) mass is 1680 g/mol. The number of carbonyl (C=O) groups excluding carboxylic acids is 16. The maximum Gasteiger partial charge on any atom is 0.329 e. The van der Waals surface area contributed by atoms with Crippen molar-refractivity contribution in [1.29, 1.82) is 0 Å². The van der Waals surface area contributed by atoms with Gasteiger partial charge in [0.25, 0.3) is 0 Å². The molecule has 0 unspecified atom stereocenters. The molecule has 2 heterocycles. The van der Waals surface area contributed by atoms with Crippen molar-refractivity contribution in [2.24, 2.45) is 17.4 Å². The first kappa shape index (κ1) is 98.7. The van der Waals surface area contributed by atoms with Gasteiger partial charge in [0.15, 0.2) is 5.78 Å². The zero-order valence-electron chi connectivity index (χ0n) is 66.4. The van der Waals surface area contributed by atoms with Crippen LogP contribution in [0.5, 0.6) is 0 Å². The summed E-state index contributed by atoms with van der Waals surface area (Å²) in [5, 5.41) is 78.8. The Labute approximate surface area is 682 Å². The number of anilines is 1. The van der Waals surface area contributed by atoms with E-state index in [0.717, 1.165) is 65.7 Å². The van der Waals surface area contributed by atoms with Crippen molar-refractivity contribution >= 4 is 135 Å². The minimum atomic E-state index is -2.45. The summed E-state index contributed by atoms with van der Waals surface area (Å²) in [5.41, 5.74) is 18.1. The summed E-state index contributed by atoms with van der Waals surface area (Å²) < 4.78 is 5.69. The summed E-state index contributed by atoms with van der Waals surface area (Å²) in [6.45, 7) is 1.20. The van der Waals surface area contributed by atoms with Crippen LogP contribution < -0.4 is 86.3 Å². The molecule has 13 atom stereocenters. The lowest BCUT2D eigenvalue weighted by Gasteiger charge is -2.30. The fraction of sp³-hybridized carbons (Fsp3) is 0.553. The van der Waals surface area contributed by atoms with Crippen molar-refractivity contribution in [2.45, 2.75) is 235 Å². The molecular formula is C76H109N17O26. The Morgan fingerprint density at radius 3 is 1.63 bits per heavy atom. The Kier molecular flexibility index (Phi) is 42.0. The standard InChI is InChI=1S/C76H109N17O26/c1-5-6-7-8-9-10-11-12-13-14-15-26-57(97)85-48(29-42-35-80-46-24-19-17-21-43(42)46)70(112)88-49(31-56(79)96)71(113)90-52(34-63(106)107)72(114)93-65-41(4)119-76(118)53(30-55(95)44-22-16-18-23-45(44)78)91-75(117)64(39(2)28-60(100)101)92-73(115)54(38-94)86-59(99)36-81-67(109)50(32-61(102)103)87-66(108)40(3)83-69(111)51(33-62(104)105)89-68(110)47(25-20-27-77)84-58(98)37-82-74(65)116/h16-19,21-24,35,39-41,47-54,64-65,80,94H,5-15,20,25-34,36-38,77-78H2,1-4H3,(H2,79,96)(H,81,109)(H,82,116)(H,83,111)(H,84,98)(H,85,97)(H,86,99)(H,87,108)(H,88,112)(H,89,110)(H,90,113)(H,91,117)(H,92,115)(H,93,114)(H,100,101)(H,102,103)(H,104,105)(H,106,107)/t39-,40+,41+,47-,48-,49-,50-,51+,52-,53-,54+,64-,65-/m0/s1. The first-order valence-corrected chi connectivity index (χ1v) is 38.8. The average Bonchev–Trinajstić information content (AvgIpc) is 1.80. The Hall–Kier alpha value is -12.7. The lowest BCUT2D eigenvalue weighted by Crippen LogP contribution is -2.62. The fourth-order valence-corrected chi connectivity index (χ4v) is 12.4. The van der Waals surface area contributed by atoms with Crippen LogP contribution in [0, 0.1) is 5.92 Å². The van der Waals surface area contributed by atoms with Crippen LogP contribution >= 0.6 is 0 Å². The molecule has 1 aliphatic rings. The summed E-state index contributed by atoms with van der Waals surface area (Å²) in [7, 11) is 0. The predicted molar refractivity (Wildman–Crippen MR) is 419 cm³/mol. The lowest BCUT2D eigenvalue weighted by atomic mass is 9.96. The molecule has 0 radical (unpaired) electrons. The number of nitrogens with two attached hydrogens (primary N) is 3. The zero-order chi connectivity index (χ0) is 88.6. The molecule has 14 amide bonds. The highest BCUT2D eigenvalue weighted by molar-refractivity contribution is 6.05. The molecule has 654 valence electrons. The lowest BCUT2D eigenvalue weighted by molar-refractivity contribution is -0.156. The normalized spacial score (nSPS) is 20.9. The number of aliphatic hydroxyl groups excluding tert-OH is 1. The van der Waals surface area contributed by atoms with E-state index in [4.69, 9.17) is 21.9 Å². The Balaban J connectivity index is 1.84. The average molecular weight is 1680 g/mol. The van der Waals surface area contributed by atoms with Crippen LogP contribution in [-0.2, 0) is 102 Å². The number of nitrogens with one attached hydrogen (secondary N) is 14. The minimum Gasteiger partial charge on any atom is -0.481 e. The van der Waals surface area contributed by atoms with Crippen molar-refractivity contribution in [1.82, 2.24) is 74.1 Å². The summed E-state index contributed by atoms with van der Waals surface area (Å²) in [6.07, 6.45) is 2.56. The number of benzene rings is 2. The minimum absolute atomic E-state index is 0.0154. The second kappa shape index (κ2) is 50.7. The molecule has 0 bridgehead atoms. The van der Waals surface area contributed by atoms with Gasteiger partial charge in [0, 0.05) is 47.6 Å². The molecule has 119 heavy (non-hydrogen) atoms. The van der Waals surface area contributed by atoms with Crippen LogP contribution in [0.25, 0.3) is 10.9 Å². The number of ether oxygens (including phenoxy) is 1. The number of esters is 1. The van der Waals surface area contributed by atoms with Gasteiger partial charge in [0.05, 0.1) is 51.8 Å². The third-order valence-corrected chi connectivity index (χ3v) is 18.9. The molecule has 43 heteroatoms. The topological polar surface area (TPSA) is 702 Å². The number of aliphatic carboxylic acids is 4. The van der Waals surface area contributed by atoms with Crippen LogP contribution in [0.3, 0.4) is 0 Å².